The van der Waals surface area contributed by atoms with E-state index >= 15 is 0 Å². The van der Waals surface area contributed by atoms with Gasteiger partial charge in [0.1, 0.15) is 5.82 Å². The highest BCUT2D eigenvalue weighted by atomic mass is 19.1. The van der Waals surface area contributed by atoms with Crippen LogP contribution in [0.4, 0.5) is 15.8 Å². The Morgan fingerprint density at radius 1 is 1.00 bits per heavy atom. The van der Waals surface area contributed by atoms with Gasteiger partial charge in [-0.3, -0.25) is 4.98 Å². The van der Waals surface area contributed by atoms with Gasteiger partial charge in [-0.2, -0.15) is 0 Å². The Bertz CT molecular complexity index is 720. The molecule has 0 saturated carbocycles. The van der Waals surface area contributed by atoms with Crippen molar-refractivity contribution in [3.8, 4) is 0 Å². The molecule has 2 aromatic carbocycles. The Morgan fingerprint density at radius 3 is 2.58 bits per heavy atom. The van der Waals surface area contributed by atoms with Gasteiger partial charge in [-0.1, -0.05) is 11.6 Å². The number of anilines is 2. The number of fused-ring (bicyclic) bond motifs is 1. The predicted molar refractivity (Wildman–Crippen MR) is 76.2 cm³/mol. The number of nitrogens with one attached hydrogen (secondary N) is 1. The first-order valence-electron chi connectivity index (χ1n) is 6.10. The number of hydrogen-bond acceptors (Lipinski definition) is 2. The Balaban J connectivity index is 2.05. The van der Waals surface area contributed by atoms with Crippen LogP contribution in [0.1, 0.15) is 5.56 Å². The van der Waals surface area contributed by atoms with Gasteiger partial charge in [-0.05, 0) is 49.4 Å². The van der Waals surface area contributed by atoms with Crippen LogP contribution in [-0.2, 0) is 0 Å². The van der Waals surface area contributed by atoms with Crippen LogP contribution in [0.25, 0.3) is 10.9 Å². The van der Waals surface area contributed by atoms with Gasteiger partial charge >= 0.3 is 0 Å². The third-order valence-corrected chi connectivity index (χ3v) is 3.02. The summed E-state index contributed by atoms with van der Waals surface area (Å²) in [6, 6.07) is 14.4. The highest BCUT2D eigenvalue weighted by molar-refractivity contribution is 5.93. The quantitative estimate of drug-likeness (QED) is 0.730. The molecule has 0 atom stereocenters. The molecule has 0 unspecified atom stereocenters. The normalized spacial score (nSPS) is 10.6. The SMILES string of the molecule is Cc1ccc2nccc(Nc3ccc(F)cc3)c2c1. The van der Waals surface area contributed by atoms with Crippen molar-refractivity contribution < 1.29 is 4.39 Å². The Labute approximate surface area is 110 Å². The number of aromatic nitrogens is 1. The maximum absolute atomic E-state index is 12.9. The zero-order valence-electron chi connectivity index (χ0n) is 10.5. The topological polar surface area (TPSA) is 24.9 Å². The third-order valence-electron chi connectivity index (χ3n) is 3.02. The van der Waals surface area contributed by atoms with Crippen molar-refractivity contribution in [3.63, 3.8) is 0 Å². The van der Waals surface area contributed by atoms with Crippen molar-refractivity contribution in [2.75, 3.05) is 5.32 Å². The fourth-order valence-corrected chi connectivity index (χ4v) is 2.06. The third kappa shape index (κ3) is 2.40. The van der Waals surface area contributed by atoms with Crippen LogP contribution < -0.4 is 5.32 Å². The second-order valence-electron chi connectivity index (χ2n) is 4.51. The summed E-state index contributed by atoms with van der Waals surface area (Å²) >= 11 is 0. The van der Waals surface area contributed by atoms with Crippen LogP contribution in [0.2, 0.25) is 0 Å². The molecule has 0 radical (unpaired) electrons. The number of benzene rings is 2. The zero-order valence-corrected chi connectivity index (χ0v) is 10.5. The van der Waals surface area contributed by atoms with Crippen LogP contribution in [0.3, 0.4) is 0 Å². The second kappa shape index (κ2) is 4.69. The first kappa shape index (κ1) is 11.7. The molecule has 94 valence electrons. The number of rotatable bonds is 2. The summed E-state index contributed by atoms with van der Waals surface area (Å²) in [7, 11) is 0. The average molecular weight is 252 g/mol. The standard InChI is InChI=1S/C16H13FN2/c1-11-2-7-15-14(10-11)16(8-9-18-15)19-13-5-3-12(17)4-6-13/h2-10H,1H3,(H,18,19). The first-order valence-corrected chi connectivity index (χ1v) is 6.10. The van der Waals surface area contributed by atoms with E-state index in [4.69, 9.17) is 0 Å². The van der Waals surface area contributed by atoms with Gasteiger partial charge < -0.3 is 5.32 Å². The molecule has 0 fully saturated rings. The molecule has 1 heterocycles. The van der Waals surface area contributed by atoms with E-state index in [-0.39, 0.29) is 5.82 Å². The fraction of sp³-hybridized carbons (Fsp3) is 0.0625. The molecule has 0 aliphatic heterocycles. The molecule has 0 amide bonds. The molecule has 0 aliphatic rings. The largest absolute Gasteiger partial charge is 0.355 e. The number of aryl methyl sites for hydroxylation is 1. The molecule has 3 aromatic rings. The summed E-state index contributed by atoms with van der Waals surface area (Å²) in [5.41, 5.74) is 3.95. The van der Waals surface area contributed by atoms with Crippen LogP contribution >= 0.6 is 0 Å². The number of halogens is 1. The summed E-state index contributed by atoms with van der Waals surface area (Å²) in [6.07, 6.45) is 1.77. The molecule has 0 spiro atoms. The Morgan fingerprint density at radius 2 is 1.79 bits per heavy atom. The van der Waals surface area contributed by atoms with Crippen LogP contribution in [0, 0.1) is 12.7 Å². The molecule has 1 aromatic heterocycles. The van der Waals surface area contributed by atoms with Gasteiger partial charge in [0, 0.05) is 23.0 Å². The van der Waals surface area contributed by atoms with Gasteiger partial charge in [-0.15, -0.1) is 0 Å². The van der Waals surface area contributed by atoms with Crippen molar-refractivity contribution in [3.05, 3.63) is 66.1 Å². The average Bonchev–Trinajstić information content (AvgIpc) is 2.42. The van der Waals surface area contributed by atoms with E-state index in [0.717, 1.165) is 22.3 Å². The van der Waals surface area contributed by atoms with E-state index < -0.39 is 0 Å². The van der Waals surface area contributed by atoms with Crippen molar-refractivity contribution in [2.45, 2.75) is 6.92 Å². The van der Waals surface area contributed by atoms with E-state index in [9.17, 15) is 4.39 Å². The lowest BCUT2D eigenvalue weighted by atomic mass is 10.1. The summed E-state index contributed by atoms with van der Waals surface area (Å²) < 4.78 is 12.9. The van der Waals surface area contributed by atoms with Gasteiger partial charge in [0.2, 0.25) is 0 Å². The summed E-state index contributed by atoms with van der Waals surface area (Å²) in [4.78, 5) is 4.34. The molecular weight excluding hydrogens is 239 g/mol. The van der Waals surface area contributed by atoms with Crippen LogP contribution in [0.15, 0.2) is 54.7 Å². The molecule has 0 bridgehead atoms. The fourth-order valence-electron chi connectivity index (χ4n) is 2.06. The molecule has 19 heavy (non-hydrogen) atoms. The number of hydrogen-bond donors (Lipinski definition) is 1. The lowest BCUT2D eigenvalue weighted by molar-refractivity contribution is 0.628. The molecule has 1 N–H and O–H groups in total. The van der Waals surface area contributed by atoms with Crippen molar-refractivity contribution >= 4 is 22.3 Å². The minimum atomic E-state index is -0.235. The summed E-state index contributed by atoms with van der Waals surface area (Å²) in [6.45, 7) is 2.05. The van der Waals surface area contributed by atoms with Gasteiger partial charge in [0.15, 0.2) is 0 Å². The van der Waals surface area contributed by atoms with Crippen LogP contribution in [0.5, 0.6) is 0 Å². The van der Waals surface area contributed by atoms with E-state index in [1.54, 1.807) is 18.3 Å². The molecule has 0 aliphatic carbocycles. The Kier molecular flexibility index (Phi) is 2.88. The van der Waals surface area contributed by atoms with Crippen molar-refractivity contribution in [1.82, 2.24) is 4.98 Å². The van der Waals surface area contributed by atoms with Crippen LogP contribution in [-0.4, -0.2) is 4.98 Å². The lowest BCUT2D eigenvalue weighted by Gasteiger charge is -2.10. The second-order valence-corrected chi connectivity index (χ2v) is 4.51. The molecule has 0 saturated heterocycles. The highest BCUT2D eigenvalue weighted by Gasteiger charge is 2.02. The van der Waals surface area contributed by atoms with Crippen molar-refractivity contribution in [1.29, 1.82) is 0 Å². The maximum Gasteiger partial charge on any atom is 0.123 e. The number of pyridine rings is 1. The molecule has 3 heteroatoms. The molecular formula is C16H13FN2. The predicted octanol–water partition coefficient (Wildman–Crippen LogP) is 4.43. The molecule has 2 nitrogen and oxygen atoms in total. The van der Waals surface area contributed by atoms with E-state index in [1.807, 2.05) is 25.1 Å². The van der Waals surface area contributed by atoms with Gasteiger partial charge in [-0.25, -0.2) is 4.39 Å². The number of nitrogens with zero attached hydrogens (tertiary/aromatic N) is 1. The summed E-state index contributed by atoms with van der Waals surface area (Å²) in [5.74, 6) is -0.235. The van der Waals surface area contributed by atoms with E-state index in [2.05, 4.69) is 16.4 Å². The highest BCUT2D eigenvalue weighted by Crippen LogP contribution is 2.25. The monoisotopic (exact) mass is 252 g/mol. The minimum Gasteiger partial charge on any atom is -0.355 e. The smallest absolute Gasteiger partial charge is 0.123 e. The summed E-state index contributed by atoms with van der Waals surface area (Å²) in [5, 5.41) is 4.36. The lowest BCUT2D eigenvalue weighted by Crippen LogP contribution is -1.93. The Hall–Kier alpha value is -2.42. The van der Waals surface area contributed by atoms with Crippen molar-refractivity contribution in [2.24, 2.45) is 0 Å². The zero-order chi connectivity index (χ0) is 13.2. The minimum absolute atomic E-state index is 0.235. The van der Waals surface area contributed by atoms with Gasteiger partial charge in [0.25, 0.3) is 0 Å². The first-order chi connectivity index (χ1) is 9.22. The van der Waals surface area contributed by atoms with E-state index in [0.29, 0.717) is 0 Å². The van der Waals surface area contributed by atoms with Gasteiger partial charge in [0.05, 0.1) is 5.52 Å². The maximum atomic E-state index is 12.9. The molecule has 3 rings (SSSR count). The van der Waals surface area contributed by atoms with E-state index in [1.165, 1.54) is 17.7 Å².